The number of hydrogen-bond acceptors (Lipinski definition) is 2. The van der Waals surface area contributed by atoms with Gasteiger partial charge < -0.3 is 5.11 Å². The van der Waals surface area contributed by atoms with Gasteiger partial charge in [-0.05, 0) is 104 Å². The standard InChI is InChI=1S/C26H33ClO2/c1-25-11-9-19(28)15-18(25)7-8-20-21(25)10-12-26(2)22(20)14-17(24(26)29)13-16-5-3-4-6-23(16)27/h3-6,13,18-22,28H,7-12,14-15H2,1-2H3/b17-13+/t18-,19+,20-,21+,22+,25-,26-/m0/s1. The number of hydrogen-bond donors (Lipinski definition) is 1. The number of ketones is 1. The number of Topliss-reactive ketones (excluding diaryl/α,β-unsaturated/α-hetero) is 1. The Balaban J connectivity index is 1.46. The second kappa shape index (κ2) is 6.95. The number of allylic oxidation sites excluding steroid dienone is 1. The summed E-state index contributed by atoms with van der Waals surface area (Å²) in [5, 5.41) is 10.9. The average molecular weight is 413 g/mol. The predicted molar refractivity (Wildman–Crippen MR) is 118 cm³/mol. The number of rotatable bonds is 1. The van der Waals surface area contributed by atoms with E-state index in [1.807, 2.05) is 24.3 Å². The molecule has 1 N–H and O–H groups in total. The summed E-state index contributed by atoms with van der Waals surface area (Å²) in [6.07, 6.45) is 10.6. The molecule has 0 spiro atoms. The Hall–Kier alpha value is -1.12. The minimum absolute atomic E-state index is 0.100. The first-order valence-electron chi connectivity index (χ1n) is 11.5. The molecular weight excluding hydrogens is 380 g/mol. The minimum Gasteiger partial charge on any atom is -0.393 e. The quantitative estimate of drug-likeness (QED) is 0.549. The number of carbonyl (C=O) groups is 1. The summed E-state index contributed by atoms with van der Waals surface area (Å²) in [5.41, 5.74) is 2.10. The van der Waals surface area contributed by atoms with Crippen LogP contribution in [0.1, 0.15) is 70.8 Å². The molecule has 4 saturated carbocycles. The van der Waals surface area contributed by atoms with Crippen LogP contribution in [0.3, 0.4) is 0 Å². The van der Waals surface area contributed by atoms with Gasteiger partial charge in [0, 0.05) is 10.4 Å². The van der Waals surface area contributed by atoms with Crippen LogP contribution < -0.4 is 0 Å². The molecule has 0 aromatic heterocycles. The summed E-state index contributed by atoms with van der Waals surface area (Å²) in [6.45, 7) is 4.74. The lowest BCUT2D eigenvalue weighted by molar-refractivity contribution is -0.141. The first-order chi connectivity index (χ1) is 13.8. The van der Waals surface area contributed by atoms with E-state index >= 15 is 0 Å². The van der Waals surface area contributed by atoms with Crippen LogP contribution >= 0.6 is 11.6 Å². The third-order valence-corrected chi connectivity index (χ3v) is 9.86. The zero-order valence-electron chi connectivity index (χ0n) is 17.7. The van der Waals surface area contributed by atoms with Crippen LogP contribution in [0.4, 0.5) is 0 Å². The number of halogens is 1. The second-order valence-electron chi connectivity index (χ2n) is 10.8. The van der Waals surface area contributed by atoms with E-state index in [9.17, 15) is 9.90 Å². The highest BCUT2D eigenvalue weighted by Gasteiger charge is 2.61. The molecule has 7 atom stereocenters. The molecule has 0 amide bonds. The van der Waals surface area contributed by atoms with E-state index in [-0.39, 0.29) is 11.5 Å². The molecule has 1 aromatic carbocycles. The second-order valence-corrected chi connectivity index (χ2v) is 11.2. The first-order valence-corrected chi connectivity index (χ1v) is 11.9. The molecule has 4 fully saturated rings. The summed E-state index contributed by atoms with van der Waals surface area (Å²) < 4.78 is 0. The van der Waals surface area contributed by atoms with Crippen molar-refractivity contribution < 1.29 is 9.90 Å². The maximum Gasteiger partial charge on any atom is 0.165 e. The highest BCUT2D eigenvalue weighted by Crippen LogP contribution is 2.66. The van der Waals surface area contributed by atoms with E-state index in [1.165, 1.54) is 19.3 Å². The van der Waals surface area contributed by atoms with Crippen molar-refractivity contribution >= 4 is 23.5 Å². The fraction of sp³-hybridized carbons (Fsp3) is 0.654. The first kappa shape index (κ1) is 19.8. The Labute approximate surface area is 179 Å². The van der Waals surface area contributed by atoms with Gasteiger partial charge in [-0.3, -0.25) is 4.79 Å². The highest BCUT2D eigenvalue weighted by atomic mass is 35.5. The lowest BCUT2D eigenvalue weighted by atomic mass is 9.45. The maximum atomic E-state index is 13.5. The Morgan fingerprint density at radius 3 is 2.66 bits per heavy atom. The Bertz CT molecular complexity index is 860. The number of aliphatic hydroxyl groups excluding tert-OH is 1. The van der Waals surface area contributed by atoms with E-state index in [0.29, 0.717) is 34.9 Å². The molecule has 0 heterocycles. The molecule has 4 aliphatic carbocycles. The Morgan fingerprint density at radius 2 is 1.86 bits per heavy atom. The van der Waals surface area contributed by atoms with E-state index in [0.717, 1.165) is 48.3 Å². The molecule has 0 saturated heterocycles. The van der Waals surface area contributed by atoms with Gasteiger partial charge in [-0.2, -0.15) is 0 Å². The van der Waals surface area contributed by atoms with Gasteiger partial charge >= 0.3 is 0 Å². The number of aliphatic hydroxyl groups is 1. The molecule has 0 radical (unpaired) electrons. The molecule has 3 heteroatoms. The van der Waals surface area contributed by atoms with Gasteiger partial charge in [-0.1, -0.05) is 43.6 Å². The fourth-order valence-electron chi connectivity index (χ4n) is 7.81. The largest absolute Gasteiger partial charge is 0.393 e. The molecule has 156 valence electrons. The molecule has 1 aromatic rings. The van der Waals surface area contributed by atoms with E-state index in [4.69, 9.17) is 11.6 Å². The lowest BCUT2D eigenvalue weighted by Crippen LogP contribution is -2.54. The summed E-state index contributed by atoms with van der Waals surface area (Å²) in [7, 11) is 0. The lowest BCUT2D eigenvalue weighted by Gasteiger charge is -2.59. The monoisotopic (exact) mass is 412 g/mol. The predicted octanol–water partition coefficient (Wildman–Crippen LogP) is 6.31. The van der Waals surface area contributed by atoms with Crippen LogP contribution in [-0.2, 0) is 4.79 Å². The smallest absolute Gasteiger partial charge is 0.165 e. The third-order valence-electron chi connectivity index (χ3n) is 9.51. The topological polar surface area (TPSA) is 37.3 Å². The maximum absolute atomic E-state index is 13.5. The van der Waals surface area contributed by atoms with Crippen molar-refractivity contribution in [2.75, 3.05) is 0 Å². The van der Waals surface area contributed by atoms with Crippen molar-refractivity contribution in [3.8, 4) is 0 Å². The van der Waals surface area contributed by atoms with Crippen molar-refractivity contribution in [3.63, 3.8) is 0 Å². The molecule has 29 heavy (non-hydrogen) atoms. The molecule has 4 aliphatic rings. The number of carbonyl (C=O) groups excluding carboxylic acids is 1. The molecule has 5 rings (SSSR count). The fourth-order valence-corrected chi connectivity index (χ4v) is 8.01. The van der Waals surface area contributed by atoms with Gasteiger partial charge in [0.05, 0.1) is 6.10 Å². The molecule has 0 aliphatic heterocycles. The minimum atomic E-state index is -0.203. The van der Waals surface area contributed by atoms with Crippen LogP contribution in [-0.4, -0.2) is 17.0 Å². The van der Waals surface area contributed by atoms with Crippen LogP contribution in [0.5, 0.6) is 0 Å². The summed E-state index contributed by atoms with van der Waals surface area (Å²) in [6, 6.07) is 7.84. The van der Waals surface area contributed by atoms with Crippen LogP contribution in [0.15, 0.2) is 29.8 Å². The normalized spacial score (nSPS) is 45.6. The van der Waals surface area contributed by atoms with Crippen molar-refractivity contribution in [2.45, 2.75) is 71.3 Å². The van der Waals surface area contributed by atoms with E-state index < -0.39 is 0 Å². The zero-order valence-corrected chi connectivity index (χ0v) is 18.4. The summed E-state index contributed by atoms with van der Waals surface area (Å²) in [5.74, 6) is 2.84. The van der Waals surface area contributed by atoms with Crippen molar-refractivity contribution in [1.82, 2.24) is 0 Å². The van der Waals surface area contributed by atoms with Crippen molar-refractivity contribution in [2.24, 2.45) is 34.5 Å². The van der Waals surface area contributed by atoms with E-state index in [2.05, 4.69) is 19.9 Å². The SMILES string of the molecule is C[C@]12CC[C@@H](O)C[C@@H]1CC[C@H]1[C@H]2CC[C@]2(C)C(=O)/C(=C/c3ccccc3Cl)C[C@H]12. The van der Waals surface area contributed by atoms with Gasteiger partial charge in [-0.25, -0.2) is 0 Å². The number of benzene rings is 1. The van der Waals surface area contributed by atoms with Crippen LogP contribution in [0.25, 0.3) is 6.08 Å². The van der Waals surface area contributed by atoms with Gasteiger partial charge in [0.15, 0.2) is 5.78 Å². The van der Waals surface area contributed by atoms with Gasteiger partial charge in [-0.15, -0.1) is 0 Å². The summed E-state index contributed by atoms with van der Waals surface area (Å²) >= 11 is 6.38. The van der Waals surface area contributed by atoms with Crippen LogP contribution in [0.2, 0.25) is 5.02 Å². The Morgan fingerprint density at radius 1 is 1.07 bits per heavy atom. The zero-order chi connectivity index (χ0) is 20.4. The van der Waals surface area contributed by atoms with Crippen LogP contribution in [0, 0.1) is 34.5 Å². The third kappa shape index (κ3) is 2.97. The molecule has 2 nitrogen and oxygen atoms in total. The van der Waals surface area contributed by atoms with E-state index in [1.54, 1.807) is 0 Å². The number of fused-ring (bicyclic) bond motifs is 5. The molecule has 0 bridgehead atoms. The van der Waals surface area contributed by atoms with Gasteiger partial charge in [0.25, 0.3) is 0 Å². The summed E-state index contributed by atoms with van der Waals surface area (Å²) in [4.78, 5) is 13.5. The van der Waals surface area contributed by atoms with Gasteiger partial charge in [0.1, 0.15) is 0 Å². The average Bonchev–Trinajstić information content (AvgIpc) is 2.95. The molecular formula is C26H33ClO2. The Kier molecular flexibility index (Phi) is 4.75. The highest BCUT2D eigenvalue weighted by molar-refractivity contribution is 6.32. The van der Waals surface area contributed by atoms with Crippen molar-refractivity contribution in [1.29, 1.82) is 0 Å². The molecule has 0 unspecified atom stereocenters. The van der Waals surface area contributed by atoms with Gasteiger partial charge in [0.2, 0.25) is 0 Å². The van der Waals surface area contributed by atoms with Crippen molar-refractivity contribution in [3.05, 3.63) is 40.4 Å².